The van der Waals surface area contributed by atoms with E-state index in [2.05, 4.69) is 9.97 Å². The topological polar surface area (TPSA) is 45.8 Å². The van der Waals surface area contributed by atoms with E-state index in [1.165, 1.54) is 18.5 Å². The zero-order valence-corrected chi connectivity index (χ0v) is 14.4. The molecule has 1 N–H and O–H groups in total. The molecule has 4 rings (SSSR count). The lowest BCUT2D eigenvalue weighted by molar-refractivity contribution is 0.623. The summed E-state index contributed by atoms with van der Waals surface area (Å²) in [5.74, 6) is -0.328. The Morgan fingerprint density at radius 1 is 1.12 bits per heavy atom. The zero-order valence-electron chi connectivity index (χ0n) is 13.7. The Morgan fingerprint density at radius 2 is 2.00 bits per heavy atom. The highest BCUT2D eigenvalue weighted by Crippen LogP contribution is 2.35. The maximum absolute atomic E-state index is 14.5. The van der Waals surface area contributed by atoms with E-state index in [-0.39, 0.29) is 11.4 Å². The minimum Gasteiger partial charge on any atom is -0.313 e. The van der Waals surface area contributed by atoms with Gasteiger partial charge in [0.15, 0.2) is 0 Å². The molecule has 1 heterocycles. The molecular weight excluding hydrogens is 351 g/mol. The van der Waals surface area contributed by atoms with Gasteiger partial charge in [-0.15, -0.1) is 0 Å². The number of halogens is 2. The fraction of sp³-hybridized carbons (Fsp3) is 0.0476. The second kappa shape index (κ2) is 6.73. The third-order valence-corrected chi connectivity index (χ3v) is 4.60. The molecule has 0 radical (unpaired) electrons. The number of hydrogen-bond donors (Lipinski definition) is 1. The van der Waals surface area contributed by atoms with E-state index >= 15 is 0 Å². The van der Waals surface area contributed by atoms with Gasteiger partial charge < -0.3 is 4.98 Å². The summed E-state index contributed by atoms with van der Waals surface area (Å²) < 4.78 is 14.5. The van der Waals surface area contributed by atoms with Gasteiger partial charge in [-0.1, -0.05) is 42.0 Å². The summed E-state index contributed by atoms with van der Waals surface area (Å²) in [4.78, 5) is 18.9. The molecule has 1 aliphatic rings. The van der Waals surface area contributed by atoms with Crippen molar-refractivity contribution in [3.05, 3.63) is 99.4 Å². The van der Waals surface area contributed by atoms with E-state index in [0.29, 0.717) is 27.9 Å². The SMILES string of the molecule is O=c1[nH]cnc2ccc(C3=C(c4cc(Cl)ccc4F)CC=CC=C3)cc12. The third kappa shape index (κ3) is 3.00. The zero-order chi connectivity index (χ0) is 18.1. The first-order valence-electron chi connectivity index (χ1n) is 8.13. The maximum Gasteiger partial charge on any atom is 0.258 e. The number of H-pyrrole nitrogens is 1. The first-order valence-corrected chi connectivity index (χ1v) is 8.51. The fourth-order valence-electron chi connectivity index (χ4n) is 3.12. The number of fused-ring (bicyclic) bond motifs is 1. The van der Waals surface area contributed by atoms with Gasteiger partial charge in [0.25, 0.3) is 5.56 Å². The van der Waals surface area contributed by atoms with Crippen LogP contribution in [0, 0.1) is 5.82 Å². The van der Waals surface area contributed by atoms with Crippen LogP contribution in [0.25, 0.3) is 22.0 Å². The lowest BCUT2D eigenvalue weighted by Crippen LogP contribution is -2.06. The lowest BCUT2D eigenvalue weighted by atomic mass is 9.92. The van der Waals surface area contributed by atoms with Gasteiger partial charge in [-0.05, 0) is 53.5 Å². The molecule has 3 aromatic rings. The van der Waals surface area contributed by atoms with E-state index in [4.69, 9.17) is 11.6 Å². The summed E-state index contributed by atoms with van der Waals surface area (Å²) >= 11 is 6.09. The van der Waals surface area contributed by atoms with Crippen molar-refractivity contribution in [3.8, 4) is 0 Å². The van der Waals surface area contributed by atoms with Gasteiger partial charge in [0.1, 0.15) is 5.82 Å². The molecule has 0 atom stereocenters. The summed E-state index contributed by atoms with van der Waals surface area (Å²) in [7, 11) is 0. The highest BCUT2D eigenvalue weighted by Gasteiger charge is 2.15. The smallest absolute Gasteiger partial charge is 0.258 e. The average molecular weight is 365 g/mol. The van der Waals surface area contributed by atoms with E-state index in [9.17, 15) is 9.18 Å². The monoisotopic (exact) mass is 364 g/mol. The Kier molecular flexibility index (Phi) is 4.27. The van der Waals surface area contributed by atoms with Crippen molar-refractivity contribution in [3.63, 3.8) is 0 Å². The van der Waals surface area contributed by atoms with Gasteiger partial charge in [0, 0.05) is 10.6 Å². The van der Waals surface area contributed by atoms with Crippen LogP contribution in [0.15, 0.2) is 71.8 Å². The molecule has 0 bridgehead atoms. The maximum atomic E-state index is 14.5. The van der Waals surface area contributed by atoms with Crippen molar-refractivity contribution >= 4 is 33.7 Å². The number of allylic oxidation sites excluding steroid dienone is 6. The molecule has 5 heteroatoms. The summed E-state index contributed by atoms with van der Waals surface area (Å²) in [5, 5.41) is 0.971. The number of nitrogens with zero attached hydrogens (tertiary/aromatic N) is 1. The molecule has 0 fully saturated rings. The Hall–Kier alpha value is -2.98. The fourth-order valence-corrected chi connectivity index (χ4v) is 3.29. The van der Waals surface area contributed by atoms with Crippen LogP contribution in [-0.4, -0.2) is 9.97 Å². The number of hydrogen-bond acceptors (Lipinski definition) is 2. The first-order chi connectivity index (χ1) is 12.6. The molecule has 128 valence electrons. The average Bonchev–Trinajstić information content (AvgIpc) is 2.90. The second-order valence-electron chi connectivity index (χ2n) is 5.97. The Bertz CT molecular complexity index is 1160. The summed E-state index contributed by atoms with van der Waals surface area (Å²) in [6.45, 7) is 0. The van der Waals surface area contributed by atoms with Crippen LogP contribution in [0.5, 0.6) is 0 Å². The van der Waals surface area contributed by atoms with E-state index in [1.807, 2.05) is 30.4 Å². The van der Waals surface area contributed by atoms with Gasteiger partial charge in [0.2, 0.25) is 0 Å². The molecular formula is C21H14ClFN2O. The van der Waals surface area contributed by atoms with Crippen LogP contribution in [-0.2, 0) is 0 Å². The third-order valence-electron chi connectivity index (χ3n) is 4.36. The quantitative estimate of drug-likeness (QED) is 0.684. The summed E-state index contributed by atoms with van der Waals surface area (Å²) in [6, 6.07) is 10.0. The molecule has 0 unspecified atom stereocenters. The predicted octanol–water partition coefficient (Wildman–Crippen LogP) is 5.14. The number of nitrogens with one attached hydrogen (secondary N) is 1. The van der Waals surface area contributed by atoms with Gasteiger partial charge in [0.05, 0.1) is 17.2 Å². The number of benzene rings is 2. The van der Waals surface area contributed by atoms with E-state index < -0.39 is 0 Å². The van der Waals surface area contributed by atoms with Crippen molar-refractivity contribution in [2.75, 3.05) is 0 Å². The highest BCUT2D eigenvalue weighted by atomic mass is 35.5. The highest BCUT2D eigenvalue weighted by molar-refractivity contribution is 6.30. The molecule has 0 saturated carbocycles. The summed E-state index contributed by atoms with van der Waals surface area (Å²) in [6.07, 6.45) is 9.65. The van der Waals surface area contributed by atoms with Crippen LogP contribution >= 0.6 is 11.6 Å². The van der Waals surface area contributed by atoms with Crippen LogP contribution in [0.1, 0.15) is 17.5 Å². The van der Waals surface area contributed by atoms with E-state index in [0.717, 1.165) is 16.7 Å². The largest absolute Gasteiger partial charge is 0.313 e. The first kappa shape index (κ1) is 16.5. The van der Waals surface area contributed by atoms with Gasteiger partial charge in [-0.25, -0.2) is 9.37 Å². The van der Waals surface area contributed by atoms with Crippen LogP contribution in [0.2, 0.25) is 5.02 Å². The van der Waals surface area contributed by atoms with Crippen molar-refractivity contribution in [2.45, 2.75) is 6.42 Å². The number of rotatable bonds is 2. The Balaban J connectivity index is 1.99. The van der Waals surface area contributed by atoms with Crippen LogP contribution in [0.3, 0.4) is 0 Å². The molecule has 0 amide bonds. The standard InChI is InChI=1S/C21H14ClFN2O/c22-14-7-8-19(23)17(11-14)16-5-3-1-2-4-15(16)13-6-9-20-18(10-13)21(26)25-12-24-20/h1-4,6-12H,5H2,(H,24,25,26). The van der Waals surface area contributed by atoms with E-state index in [1.54, 1.807) is 18.2 Å². The molecule has 2 aromatic carbocycles. The molecule has 1 aliphatic carbocycles. The van der Waals surface area contributed by atoms with Gasteiger partial charge in [-0.3, -0.25) is 4.79 Å². The lowest BCUT2D eigenvalue weighted by Gasteiger charge is -2.13. The molecule has 0 saturated heterocycles. The van der Waals surface area contributed by atoms with Crippen molar-refractivity contribution in [1.82, 2.24) is 9.97 Å². The summed E-state index contributed by atoms with van der Waals surface area (Å²) in [5.41, 5.74) is 3.36. The van der Waals surface area contributed by atoms with Crippen molar-refractivity contribution in [2.24, 2.45) is 0 Å². The number of aromatic nitrogens is 2. The Morgan fingerprint density at radius 3 is 2.88 bits per heavy atom. The second-order valence-corrected chi connectivity index (χ2v) is 6.41. The van der Waals surface area contributed by atoms with Gasteiger partial charge >= 0.3 is 0 Å². The molecule has 0 aliphatic heterocycles. The molecule has 3 nitrogen and oxygen atoms in total. The number of aromatic amines is 1. The van der Waals surface area contributed by atoms with Crippen LogP contribution < -0.4 is 5.56 Å². The van der Waals surface area contributed by atoms with Crippen molar-refractivity contribution in [1.29, 1.82) is 0 Å². The molecule has 1 aromatic heterocycles. The van der Waals surface area contributed by atoms with Crippen molar-refractivity contribution < 1.29 is 4.39 Å². The molecule has 0 spiro atoms. The normalized spacial score (nSPS) is 14.1. The molecule has 26 heavy (non-hydrogen) atoms. The Labute approximate surface area is 154 Å². The van der Waals surface area contributed by atoms with Crippen LogP contribution in [0.4, 0.5) is 4.39 Å². The minimum atomic E-state index is -0.328. The predicted molar refractivity (Wildman–Crippen MR) is 103 cm³/mol. The minimum absolute atomic E-state index is 0.205. The van der Waals surface area contributed by atoms with Gasteiger partial charge in [-0.2, -0.15) is 0 Å².